The molecule has 1 saturated heterocycles. The van der Waals surface area contributed by atoms with Gasteiger partial charge in [0.1, 0.15) is 5.82 Å². The number of nitrogens with zero attached hydrogens (tertiary/aromatic N) is 5. The largest absolute Gasteiger partial charge is 0.356 e. The van der Waals surface area contributed by atoms with E-state index in [2.05, 4.69) is 39.4 Å². The normalized spacial score (nSPS) is 18.2. The fraction of sp³-hybridized carbons (Fsp3) is 0.522. The minimum Gasteiger partial charge on any atom is -0.356 e. The summed E-state index contributed by atoms with van der Waals surface area (Å²) in [7, 11) is 0. The molecule has 0 unspecified atom stereocenters. The lowest BCUT2D eigenvalue weighted by Crippen LogP contribution is -2.44. The van der Waals surface area contributed by atoms with Crippen molar-refractivity contribution in [2.75, 3.05) is 42.5 Å². The SMILES string of the molecule is CCNC(=O)N1CCc2nc(N3CCc4ccccc4C3)nc(N3CCCC3)c2C1. The van der Waals surface area contributed by atoms with Crippen LogP contribution in [0.1, 0.15) is 42.1 Å². The van der Waals surface area contributed by atoms with Gasteiger partial charge >= 0.3 is 6.03 Å². The van der Waals surface area contributed by atoms with Crippen molar-refractivity contribution in [3.63, 3.8) is 0 Å². The van der Waals surface area contributed by atoms with Crippen LogP contribution in [0.4, 0.5) is 16.6 Å². The zero-order valence-corrected chi connectivity index (χ0v) is 17.7. The number of rotatable bonds is 3. The van der Waals surface area contributed by atoms with Crippen LogP contribution in [0.15, 0.2) is 24.3 Å². The van der Waals surface area contributed by atoms with Crippen LogP contribution >= 0.6 is 0 Å². The van der Waals surface area contributed by atoms with Crippen molar-refractivity contribution in [1.29, 1.82) is 0 Å². The summed E-state index contributed by atoms with van der Waals surface area (Å²) in [6.45, 7) is 7.78. The van der Waals surface area contributed by atoms with Crippen molar-refractivity contribution in [2.24, 2.45) is 0 Å². The molecule has 0 aliphatic carbocycles. The first-order valence-electron chi connectivity index (χ1n) is 11.2. The lowest BCUT2D eigenvalue weighted by Gasteiger charge is -2.34. The van der Waals surface area contributed by atoms with Gasteiger partial charge in [0, 0.05) is 51.3 Å². The Hall–Kier alpha value is -2.83. The molecule has 4 heterocycles. The van der Waals surface area contributed by atoms with Gasteiger partial charge in [-0.05, 0) is 37.3 Å². The van der Waals surface area contributed by atoms with E-state index in [9.17, 15) is 4.79 Å². The highest BCUT2D eigenvalue weighted by atomic mass is 16.2. The van der Waals surface area contributed by atoms with E-state index in [0.29, 0.717) is 19.6 Å². The van der Waals surface area contributed by atoms with Crippen molar-refractivity contribution >= 4 is 17.8 Å². The molecule has 7 heteroatoms. The number of aromatic nitrogens is 2. The summed E-state index contributed by atoms with van der Waals surface area (Å²) in [5.74, 6) is 1.89. The number of nitrogens with one attached hydrogen (secondary N) is 1. The molecule has 5 rings (SSSR count). The quantitative estimate of drug-likeness (QED) is 0.849. The summed E-state index contributed by atoms with van der Waals surface area (Å²) in [5, 5.41) is 2.93. The third-order valence-electron chi connectivity index (χ3n) is 6.46. The Labute approximate surface area is 178 Å². The van der Waals surface area contributed by atoms with Gasteiger partial charge in [0.05, 0.1) is 12.2 Å². The van der Waals surface area contributed by atoms with E-state index in [1.54, 1.807) is 0 Å². The number of urea groups is 1. The molecule has 0 saturated carbocycles. The maximum absolute atomic E-state index is 12.4. The maximum Gasteiger partial charge on any atom is 0.317 e. The van der Waals surface area contributed by atoms with Crippen LogP contribution in [0.3, 0.4) is 0 Å². The van der Waals surface area contributed by atoms with Crippen LogP contribution in [0, 0.1) is 0 Å². The Morgan fingerprint density at radius 1 is 0.967 bits per heavy atom. The van der Waals surface area contributed by atoms with E-state index >= 15 is 0 Å². The zero-order chi connectivity index (χ0) is 20.5. The van der Waals surface area contributed by atoms with Crippen LogP contribution in [0.5, 0.6) is 0 Å². The monoisotopic (exact) mass is 406 g/mol. The minimum absolute atomic E-state index is 0.00670. The number of amides is 2. The predicted octanol–water partition coefficient (Wildman–Crippen LogP) is 2.73. The summed E-state index contributed by atoms with van der Waals surface area (Å²) in [6, 6.07) is 8.68. The van der Waals surface area contributed by atoms with Crippen LogP contribution < -0.4 is 15.1 Å². The molecule has 2 amide bonds. The van der Waals surface area contributed by atoms with Gasteiger partial charge in [-0.1, -0.05) is 24.3 Å². The fourth-order valence-corrected chi connectivity index (χ4v) is 4.82. The Bertz CT molecular complexity index is 939. The van der Waals surface area contributed by atoms with Gasteiger partial charge < -0.3 is 20.0 Å². The molecule has 0 radical (unpaired) electrons. The highest BCUT2D eigenvalue weighted by Crippen LogP contribution is 2.32. The van der Waals surface area contributed by atoms with Gasteiger partial charge in [0.2, 0.25) is 5.95 Å². The minimum atomic E-state index is 0.00670. The number of carbonyl (C=O) groups is 1. The van der Waals surface area contributed by atoms with E-state index in [1.165, 1.54) is 24.0 Å². The average Bonchev–Trinajstić information content (AvgIpc) is 3.32. The second-order valence-corrected chi connectivity index (χ2v) is 8.41. The Balaban J connectivity index is 1.48. The first-order valence-corrected chi connectivity index (χ1v) is 11.2. The summed E-state index contributed by atoms with van der Waals surface area (Å²) in [5.41, 5.74) is 5.05. The molecule has 2 aromatic rings. The molecular weight excluding hydrogens is 376 g/mol. The zero-order valence-electron chi connectivity index (χ0n) is 17.7. The Kier molecular flexibility index (Phi) is 5.19. The summed E-state index contributed by atoms with van der Waals surface area (Å²) < 4.78 is 0. The van der Waals surface area contributed by atoms with Gasteiger partial charge in [-0.25, -0.2) is 9.78 Å². The van der Waals surface area contributed by atoms with Crippen molar-refractivity contribution in [3.05, 3.63) is 46.6 Å². The lowest BCUT2D eigenvalue weighted by molar-refractivity contribution is 0.192. The van der Waals surface area contributed by atoms with Crippen LogP contribution in [-0.4, -0.2) is 53.6 Å². The van der Waals surface area contributed by atoms with E-state index < -0.39 is 0 Å². The molecule has 3 aliphatic heterocycles. The number of hydrogen-bond acceptors (Lipinski definition) is 5. The van der Waals surface area contributed by atoms with Gasteiger partial charge in [-0.2, -0.15) is 4.98 Å². The van der Waals surface area contributed by atoms with Crippen LogP contribution in [0.2, 0.25) is 0 Å². The van der Waals surface area contributed by atoms with E-state index in [1.807, 2.05) is 11.8 Å². The van der Waals surface area contributed by atoms with Crippen molar-refractivity contribution in [2.45, 2.75) is 45.7 Å². The molecule has 7 nitrogen and oxygen atoms in total. The van der Waals surface area contributed by atoms with Crippen LogP contribution in [-0.2, 0) is 25.9 Å². The molecule has 3 aliphatic rings. The number of hydrogen-bond donors (Lipinski definition) is 1. The molecule has 0 bridgehead atoms. The second kappa shape index (κ2) is 8.13. The molecule has 1 fully saturated rings. The molecule has 0 atom stereocenters. The van der Waals surface area contributed by atoms with Crippen molar-refractivity contribution in [3.8, 4) is 0 Å². The summed E-state index contributed by atoms with van der Waals surface area (Å²) in [4.78, 5) is 29.1. The number of fused-ring (bicyclic) bond motifs is 2. The molecular formula is C23H30N6O. The van der Waals surface area contributed by atoms with Crippen molar-refractivity contribution < 1.29 is 4.79 Å². The Morgan fingerprint density at radius 2 is 1.77 bits per heavy atom. The van der Waals surface area contributed by atoms with E-state index in [0.717, 1.165) is 62.0 Å². The number of carbonyl (C=O) groups excluding carboxylic acids is 1. The summed E-state index contributed by atoms with van der Waals surface area (Å²) >= 11 is 0. The van der Waals surface area contributed by atoms with Crippen LogP contribution in [0.25, 0.3) is 0 Å². The standard InChI is InChI=1S/C23H30N6O/c1-2-24-23(30)29-14-10-20-19(16-29)21(27-11-5-6-12-27)26-22(25-20)28-13-9-17-7-3-4-8-18(17)15-28/h3-4,7-8H,2,5-6,9-16H2,1H3,(H,24,30). The first kappa shape index (κ1) is 19.2. The van der Waals surface area contributed by atoms with E-state index in [4.69, 9.17) is 9.97 Å². The highest BCUT2D eigenvalue weighted by Gasteiger charge is 2.30. The fourth-order valence-electron chi connectivity index (χ4n) is 4.82. The van der Waals surface area contributed by atoms with Gasteiger partial charge in [-0.15, -0.1) is 0 Å². The highest BCUT2D eigenvalue weighted by molar-refractivity contribution is 5.75. The van der Waals surface area contributed by atoms with E-state index in [-0.39, 0.29) is 6.03 Å². The maximum atomic E-state index is 12.4. The molecule has 1 N–H and O–H groups in total. The second-order valence-electron chi connectivity index (χ2n) is 8.41. The average molecular weight is 407 g/mol. The van der Waals surface area contributed by atoms with Crippen molar-refractivity contribution in [1.82, 2.24) is 20.2 Å². The van der Waals surface area contributed by atoms with Gasteiger partial charge in [0.25, 0.3) is 0 Å². The van der Waals surface area contributed by atoms with Gasteiger partial charge in [0.15, 0.2) is 0 Å². The number of anilines is 2. The topological polar surface area (TPSA) is 64.6 Å². The first-order chi connectivity index (χ1) is 14.7. The third kappa shape index (κ3) is 3.57. The lowest BCUT2D eigenvalue weighted by atomic mass is 10.0. The molecule has 1 aromatic carbocycles. The molecule has 1 aromatic heterocycles. The summed E-state index contributed by atoms with van der Waals surface area (Å²) in [6.07, 6.45) is 4.21. The molecule has 30 heavy (non-hydrogen) atoms. The number of benzene rings is 1. The predicted molar refractivity (Wildman–Crippen MR) is 118 cm³/mol. The third-order valence-corrected chi connectivity index (χ3v) is 6.46. The molecule has 0 spiro atoms. The van der Waals surface area contributed by atoms with Gasteiger partial charge in [-0.3, -0.25) is 0 Å². The molecule has 158 valence electrons. The smallest absolute Gasteiger partial charge is 0.317 e. The Morgan fingerprint density at radius 3 is 2.57 bits per heavy atom.